The summed E-state index contributed by atoms with van der Waals surface area (Å²) >= 11 is 6.15. The first-order valence-corrected chi connectivity index (χ1v) is 7.31. The van der Waals surface area contributed by atoms with Crippen LogP contribution in [0.4, 0.5) is 5.69 Å². The van der Waals surface area contributed by atoms with E-state index in [4.69, 9.17) is 11.6 Å². The molecule has 0 saturated carbocycles. The summed E-state index contributed by atoms with van der Waals surface area (Å²) in [5.41, 5.74) is 1.74. The van der Waals surface area contributed by atoms with Crippen LogP contribution in [0.5, 0.6) is 0 Å². The number of nitrogens with zero attached hydrogens (tertiary/aromatic N) is 1. The second-order valence-corrected chi connectivity index (χ2v) is 5.50. The van der Waals surface area contributed by atoms with Crippen LogP contribution in [0.2, 0.25) is 5.02 Å². The van der Waals surface area contributed by atoms with Gasteiger partial charge in [-0.1, -0.05) is 30.7 Å². The molecule has 0 aliphatic carbocycles. The highest BCUT2D eigenvalue weighted by atomic mass is 35.5. The lowest BCUT2D eigenvalue weighted by molar-refractivity contribution is -0.121. The molecule has 1 heterocycles. The molecule has 1 aromatic rings. The summed E-state index contributed by atoms with van der Waals surface area (Å²) in [6.07, 6.45) is 3.21. The van der Waals surface area contributed by atoms with Gasteiger partial charge in [0.15, 0.2) is 0 Å². The number of carbonyl (C=O) groups excluding carboxylic acids is 1. The van der Waals surface area contributed by atoms with E-state index in [0.717, 1.165) is 30.8 Å². The van der Waals surface area contributed by atoms with Gasteiger partial charge in [-0.05, 0) is 50.9 Å². The maximum absolute atomic E-state index is 12.4. The van der Waals surface area contributed by atoms with Gasteiger partial charge in [-0.2, -0.15) is 0 Å². The van der Waals surface area contributed by atoms with Crippen LogP contribution in [-0.4, -0.2) is 29.9 Å². The van der Waals surface area contributed by atoms with Gasteiger partial charge in [-0.25, -0.2) is 0 Å². The average molecular weight is 281 g/mol. The molecular weight excluding hydrogens is 260 g/mol. The van der Waals surface area contributed by atoms with E-state index < -0.39 is 0 Å². The number of carbonyl (C=O) groups is 1. The van der Waals surface area contributed by atoms with Crippen LogP contribution in [-0.2, 0) is 4.79 Å². The standard InChI is InChI=1S/C15H21ClN2O/c1-3-13(18-9-4-5-10-18)15(19)17-14-11(2)7-6-8-12(14)16/h6-8,13H,3-5,9-10H2,1-2H3,(H,17,19). The first-order chi connectivity index (χ1) is 9.13. The van der Waals surface area contributed by atoms with Gasteiger partial charge in [0.25, 0.3) is 0 Å². The van der Waals surface area contributed by atoms with Gasteiger partial charge in [0.2, 0.25) is 5.91 Å². The molecule has 0 bridgehead atoms. The average Bonchev–Trinajstić information content (AvgIpc) is 2.89. The van der Waals surface area contributed by atoms with Gasteiger partial charge in [0, 0.05) is 0 Å². The molecule has 0 spiro atoms. The quantitative estimate of drug-likeness (QED) is 0.916. The molecule has 1 atom stereocenters. The van der Waals surface area contributed by atoms with E-state index in [1.54, 1.807) is 6.07 Å². The van der Waals surface area contributed by atoms with E-state index >= 15 is 0 Å². The van der Waals surface area contributed by atoms with E-state index in [1.165, 1.54) is 12.8 Å². The third kappa shape index (κ3) is 3.28. The van der Waals surface area contributed by atoms with Gasteiger partial charge < -0.3 is 5.32 Å². The predicted molar refractivity (Wildman–Crippen MR) is 79.7 cm³/mol. The molecule has 0 aromatic heterocycles. The van der Waals surface area contributed by atoms with Crippen LogP contribution >= 0.6 is 11.6 Å². The lowest BCUT2D eigenvalue weighted by Crippen LogP contribution is -2.42. The van der Waals surface area contributed by atoms with E-state index in [9.17, 15) is 4.79 Å². The maximum atomic E-state index is 12.4. The first-order valence-electron chi connectivity index (χ1n) is 6.93. The Hall–Kier alpha value is -1.06. The van der Waals surface area contributed by atoms with Crippen LogP contribution in [0.3, 0.4) is 0 Å². The summed E-state index contributed by atoms with van der Waals surface area (Å²) < 4.78 is 0. The highest BCUT2D eigenvalue weighted by Gasteiger charge is 2.27. The number of halogens is 1. The molecule has 1 saturated heterocycles. The minimum Gasteiger partial charge on any atom is -0.323 e. The van der Waals surface area contributed by atoms with Crippen molar-refractivity contribution in [3.63, 3.8) is 0 Å². The topological polar surface area (TPSA) is 32.3 Å². The Kier molecular flexibility index (Phi) is 4.83. The van der Waals surface area contributed by atoms with Crippen LogP contribution < -0.4 is 5.32 Å². The van der Waals surface area contributed by atoms with Crippen molar-refractivity contribution >= 4 is 23.2 Å². The summed E-state index contributed by atoms with van der Waals surface area (Å²) in [5, 5.41) is 3.60. The normalized spacial score (nSPS) is 17.4. The number of hydrogen-bond donors (Lipinski definition) is 1. The van der Waals surface area contributed by atoms with Crippen molar-refractivity contribution in [1.82, 2.24) is 4.90 Å². The monoisotopic (exact) mass is 280 g/mol. The summed E-state index contributed by atoms with van der Waals surface area (Å²) in [6, 6.07) is 5.61. The second-order valence-electron chi connectivity index (χ2n) is 5.09. The Morgan fingerprint density at radius 2 is 2.11 bits per heavy atom. The summed E-state index contributed by atoms with van der Waals surface area (Å²) in [4.78, 5) is 14.7. The largest absolute Gasteiger partial charge is 0.323 e. The highest BCUT2D eigenvalue weighted by Crippen LogP contribution is 2.26. The zero-order chi connectivity index (χ0) is 13.8. The molecular formula is C15H21ClN2O. The van der Waals surface area contributed by atoms with E-state index in [2.05, 4.69) is 17.1 Å². The van der Waals surface area contributed by atoms with Crippen molar-refractivity contribution in [2.75, 3.05) is 18.4 Å². The summed E-state index contributed by atoms with van der Waals surface area (Å²) in [5.74, 6) is 0.0561. The molecule has 1 unspecified atom stereocenters. The van der Waals surface area contributed by atoms with Crippen LogP contribution in [0.25, 0.3) is 0 Å². The van der Waals surface area contributed by atoms with Crippen molar-refractivity contribution in [1.29, 1.82) is 0 Å². The highest BCUT2D eigenvalue weighted by molar-refractivity contribution is 6.34. The van der Waals surface area contributed by atoms with Gasteiger partial charge in [0.05, 0.1) is 16.8 Å². The zero-order valence-electron chi connectivity index (χ0n) is 11.6. The molecule has 1 amide bonds. The number of likely N-dealkylation sites (tertiary alicyclic amines) is 1. The molecule has 1 aromatic carbocycles. The number of nitrogens with one attached hydrogen (secondary N) is 1. The fraction of sp³-hybridized carbons (Fsp3) is 0.533. The molecule has 104 valence electrons. The number of para-hydroxylation sites is 1. The molecule has 3 nitrogen and oxygen atoms in total. The fourth-order valence-corrected chi connectivity index (χ4v) is 2.93. The molecule has 1 aliphatic rings. The van der Waals surface area contributed by atoms with Crippen LogP contribution in [0.1, 0.15) is 31.7 Å². The molecule has 0 radical (unpaired) electrons. The van der Waals surface area contributed by atoms with E-state index in [-0.39, 0.29) is 11.9 Å². The molecule has 1 N–H and O–H groups in total. The minimum atomic E-state index is -0.0434. The minimum absolute atomic E-state index is 0.0434. The van der Waals surface area contributed by atoms with Gasteiger partial charge in [-0.3, -0.25) is 9.69 Å². The van der Waals surface area contributed by atoms with Crippen molar-refractivity contribution in [2.45, 2.75) is 39.2 Å². The van der Waals surface area contributed by atoms with Gasteiger partial charge in [-0.15, -0.1) is 0 Å². The Morgan fingerprint density at radius 1 is 1.42 bits per heavy atom. The number of aryl methyl sites for hydroxylation is 1. The second kappa shape index (κ2) is 6.40. The molecule has 1 aliphatic heterocycles. The Bertz CT molecular complexity index is 435. The first kappa shape index (κ1) is 14.4. The summed E-state index contributed by atoms with van der Waals surface area (Å²) in [6.45, 7) is 6.06. The van der Waals surface area contributed by atoms with Gasteiger partial charge >= 0.3 is 0 Å². The van der Waals surface area contributed by atoms with E-state index in [1.807, 2.05) is 19.1 Å². The molecule has 4 heteroatoms. The van der Waals surface area contributed by atoms with Crippen molar-refractivity contribution < 1.29 is 4.79 Å². The molecule has 2 rings (SSSR count). The van der Waals surface area contributed by atoms with Crippen molar-refractivity contribution in [2.24, 2.45) is 0 Å². The number of amides is 1. The van der Waals surface area contributed by atoms with Crippen molar-refractivity contribution in [3.05, 3.63) is 28.8 Å². The Balaban J connectivity index is 2.10. The van der Waals surface area contributed by atoms with Crippen LogP contribution in [0.15, 0.2) is 18.2 Å². The fourth-order valence-electron chi connectivity index (χ4n) is 2.66. The number of benzene rings is 1. The Morgan fingerprint density at radius 3 is 2.68 bits per heavy atom. The predicted octanol–water partition coefficient (Wildman–Crippen LogP) is 3.46. The lowest BCUT2D eigenvalue weighted by atomic mass is 10.1. The summed E-state index contributed by atoms with van der Waals surface area (Å²) in [7, 11) is 0. The number of rotatable bonds is 4. The maximum Gasteiger partial charge on any atom is 0.241 e. The van der Waals surface area contributed by atoms with E-state index in [0.29, 0.717) is 5.02 Å². The third-order valence-corrected chi connectivity index (χ3v) is 4.06. The van der Waals surface area contributed by atoms with Gasteiger partial charge in [0.1, 0.15) is 0 Å². The van der Waals surface area contributed by atoms with Crippen molar-refractivity contribution in [3.8, 4) is 0 Å². The lowest BCUT2D eigenvalue weighted by Gasteiger charge is -2.25. The molecule has 19 heavy (non-hydrogen) atoms. The SMILES string of the molecule is CCC(C(=O)Nc1c(C)cccc1Cl)N1CCCC1. The Labute approximate surface area is 119 Å². The molecule has 1 fully saturated rings. The zero-order valence-corrected chi connectivity index (χ0v) is 12.3. The smallest absolute Gasteiger partial charge is 0.241 e. The number of hydrogen-bond acceptors (Lipinski definition) is 2. The number of anilines is 1. The van der Waals surface area contributed by atoms with Crippen LogP contribution in [0, 0.1) is 6.92 Å². The third-order valence-electron chi connectivity index (χ3n) is 3.74.